The van der Waals surface area contributed by atoms with Crippen LogP contribution < -0.4 is 16.0 Å². The van der Waals surface area contributed by atoms with Crippen LogP contribution in [0.2, 0.25) is 0 Å². The van der Waals surface area contributed by atoms with Crippen LogP contribution in [0.25, 0.3) is 0 Å². The van der Waals surface area contributed by atoms with Gasteiger partial charge in [-0.3, -0.25) is 9.79 Å². The number of nitrogens with one attached hydrogen (secondary N) is 3. The van der Waals surface area contributed by atoms with Gasteiger partial charge in [-0.1, -0.05) is 0 Å². The van der Waals surface area contributed by atoms with Crippen LogP contribution in [-0.4, -0.2) is 30.4 Å². The Morgan fingerprint density at radius 2 is 2.13 bits per heavy atom. The number of carbonyl (C=O) groups excluding carboxylic acids is 1. The fraction of sp³-hybridized carbons (Fsp3) is 0.400. The lowest BCUT2D eigenvalue weighted by Gasteiger charge is -2.11. The normalized spacial score (nSPS) is 11.3. The van der Waals surface area contributed by atoms with Gasteiger partial charge in [-0.25, -0.2) is 4.98 Å². The summed E-state index contributed by atoms with van der Waals surface area (Å²) in [6, 6.07) is 3.60. The van der Waals surface area contributed by atoms with Gasteiger partial charge in [-0.05, 0) is 26.0 Å². The molecule has 2 heterocycles. The predicted octanol–water partition coefficient (Wildman–Crippen LogP) is 1.33. The molecule has 0 unspecified atom stereocenters. The summed E-state index contributed by atoms with van der Waals surface area (Å²) >= 11 is 1.65. The molecule has 1 amide bonds. The van der Waals surface area contributed by atoms with Crippen LogP contribution >= 0.6 is 11.3 Å². The zero-order valence-corrected chi connectivity index (χ0v) is 14.3. The number of aliphatic imine (C=N–C) groups is 1. The van der Waals surface area contributed by atoms with Crippen LogP contribution in [0.1, 0.15) is 21.3 Å². The molecule has 0 radical (unpaired) electrons. The maximum atomic E-state index is 11.8. The number of aryl methyl sites for hydroxylation is 2. The van der Waals surface area contributed by atoms with E-state index in [0.29, 0.717) is 19.0 Å². The number of rotatable bonds is 6. The van der Waals surface area contributed by atoms with Crippen LogP contribution in [0.3, 0.4) is 0 Å². The number of hydrogen-bond acceptors (Lipinski definition) is 5. The predicted molar refractivity (Wildman–Crippen MR) is 90.3 cm³/mol. The van der Waals surface area contributed by atoms with Crippen LogP contribution in [0.5, 0.6) is 0 Å². The Kier molecular flexibility index (Phi) is 6.16. The van der Waals surface area contributed by atoms with Crippen molar-refractivity contribution in [3.8, 4) is 0 Å². The molecule has 23 heavy (non-hydrogen) atoms. The van der Waals surface area contributed by atoms with Gasteiger partial charge >= 0.3 is 0 Å². The van der Waals surface area contributed by atoms with Crippen LogP contribution in [0.4, 0.5) is 0 Å². The summed E-state index contributed by atoms with van der Waals surface area (Å²) in [5.41, 5.74) is 1.02. The van der Waals surface area contributed by atoms with Gasteiger partial charge in [-0.2, -0.15) is 0 Å². The number of amides is 1. The van der Waals surface area contributed by atoms with E-state index >= 15 is 0 Å². The Morgan fingerprint density at radius 3 is 2.74 bits per heavy atom. The summed E-state index contributed by atoms with van der Waals surface area (Å²) in [5.74, 6) is 1.16. The standard InChI is InChI=1S/C15H21N5O2S/c1-10-13(23-11(2)20-10)8-18-15(16-3)19-9-14(21)17-7-12-5-4-6-22-12/h4-6H,7-9H2,1-3H3,(H,17,21)(H2,16,18,19). The molecule has 124 valence electrons. The maximum absolute atomic E-state index is 11.8. The van der Waals surface area contributed by atoms with E-state index in [1.54, 1.807) is 30.7 Å². The van der Waals surface area contributed by atoms with Gasteiger partial charge in [-0.15, -0.1) is 11.3 Å². The lowest BCUT2D eigenvalue weighted by molar-refractivity contribution is -0.120. The van der Waals surface area contributed by atoms with E-state index < -0.39 is 0 Å². The molecule has 0 spiro atoms. The number of nitrogens with zero attached hydrogens (tertiary/aromatic N) is 2. The Morgan fingerprint density at radius 1 is 1.30 bits per heavy atom. The number of carbonyl (C=O) groups is 1. The average molecular weight is 335 g/mol. The van der Waals surface area contributed by atoms with Gasteiger partial charge in [0.25, 0.3) is 0 Å². The minimum absolute atomic E-state index is 0.130. The molecular weight excluding hydrogens is 314 g/mol. The van der Waals surface area contributed by atoms with Crippen LogP contribution in [0, 0.1) is 13.8 Å². The second kappa shape index (κ2) is 8.33. The molecule has 0 aliphatic rings. The molecule has 0 bridgehead atoms. The molecule has 0 atom stereocenters. The SMILES string of the molecule is CN=C(NCC(=O)NCc1ccco1)NCc1sc(C)nc1C. The van der Waals surface area contributed by atoms with E-state index in [0.717, 1.165) is 21.3 Å². The number of furan rings is 1. The molecular formula is C15H21N5O2S. The number of guanidine groups is 1. The maximum Gasteiger partial charge on any atom is 0.239 e. The summed E-state index contributed by atoms with van der Waals surface area (Å²) < 4.78 is 5.16. The van der Waals surface area contributed by atoms with Gasteiger partial charge in [0.2, 0.25) is 5.91 Å². The first-order valence-electron chi connectivity index (χ1n) is 7.25. The molecule has 2 rings (SSSR count). The van der Waals surface area contributed by atoms with Crippen molar-refractivity contribution in [1.29, 1.82) is 0 Å². The topological polar surface area (TPSA) is 91.5 Å². The van der Waals surface area contributed by atoms with Gasteiger partial charge in [0.1, 0.15) is 5.76 Å². The molecule has 0 aliphatic carbocycles. The largest absolute Gasteiger partial charge is 0.467 e. The smallest absolute Gasteiger partial charge is 0.239 e. The molecule has 3 N–H and O–H groups in total. The van der Waals surface area contributed by atoms with E-state index in [1.807, 2.05) is 19.9 Å². The third kappa shape index (κ3) is 5.41. The van der Waals surface area contributed by atoms with E-state index in [-0.39, 0.29) is 12.5 Å². The van der Waals surface area contributed by atoms with Crippen molar-refractivity contribution in [3.05, 3.63) is 39.7 Å². The summed E-state index contributed by atoms with van der Waals surface area (Å²) in [4.78, 5) is 21.4. The third-order valence-corrected chi connectivity index (χ3v) is 4.17. The lowest BCUT2D eigenvalue weighted by atomic mass is 10.4. The Hall–Kier alpha value is -2.35. The molecule has 8 heteroatoms. The molecule has 2 aromatic rings. The van der Waals surface area contributed by atoms with Crippen molar-refractivity contribution in [1.82, 2.24) is 20.9 Å². The zero-order valence-electron chi connectivity index (χ0n) is 13.5. The van der Waals surface area contributed by atoms with Gasteiger partial charge in [0.05, 0.1) is 36.6 Å². The van der Waals surface area contributed by atoms with Crippen molar-refractivity contribution in [3.63, 3.8) is 0 Å². The minimum atomic E-state index is -0.130. The summed E-state index contributed by atoms with van der Waals surface area (Å²) in [5, 5.41) is 9.96. The van der Waals surface area contributed by atoms with Crippen molar-refractivity contribution < 1.29 is 9.21 Å². The molecule has 0 saturated heterocycles. The highest BCUT2D eigenvalue weighted by atomic mass is 32.1. The second-order valence-corrected chi connectivity index (χ2v) is 6.16. The van der Waals surface area contributed by atoms with Crippen LogP contribution in [-0.2, 0) is 17.9 Å². The van der Waals surface area contributed by atoms with Gasteiger partial charge < -0.3 is 20.4 Å². The average Bonchev–Trinajstić information content (AvgIpc) is 3.15. The highest BCUT2D eigenvalue weighted by Crippen LogP contribution is 2.16. The van der Waals surface area contributed by atoms with E-state index in [1.165, 1.54) is 0 Å². The first kappa shape index (κ1) is 17.0. The van der Waals surface area contributed by atoms with Crippen molar-refractivity contribution >= 4 is 23.2 Å². The van der Waals surface area contributed by atoms with Crippen molar-refractivity contribution in [2.75, 3.05) is 13.6 Å². The first-order chi connectivity index (χ1) is 11.1. The molecule has 0 fully saturated rings. The summed E-state index contributed by atoms with van der Waals surface area (Å²) in [6.07, 6.45) is 1.58. The fourth-order valence-electron chi connectivity index (χ4n) is 1.95. The highest BCUT2D eigenvalue weighted by Gasteiger charge is 2.07. The Balaban J connectivity index is 1.72. The minimum Gasteiger partial charge on any atom is -0.467 e. The van der Waals surface area contributed by atoms with Crippen molar-refractivity contribution in [2.45, 2.75) is 26.9 Å². The lowest BCUT2D eigenvalue weighted by Crippen LogP contribution is -2.42. The monoisotopic (exact) mass is 335 g/mol. The van der Waals surface area contributed by atoms with E-state index in [9.17, 15) is 4.79 Å². The molecule has 2 aromatic heterocycles. The van der Waals surface area contributed by atoms with E-state index in [4.69, 9.17) is 4.42 Å². The fourth-order valence-corrected chi connectivity index (χ4v) is 2.82. The van der Waals surface area contributed by atoms with Gasteiger partial charge in [0, 0.05) is 11.9 Å². The quantitative estimate of drug-likeness (QED) is 0.547. The molecule has 0 aliphatic heterocycles. The first-order valence-corrected chi connectivity index (χ1v) is 8.06. The van der Waals surface area contributed by atoms with Crippen molar-refractivity contribution in [2.24, 2.45) is 4.99 Å². The Labute approximate surface area is 139 Å². The molecule has 7 nitrogen and oxygen atoms in total. The molecule has 0 saturated carbocycles. The summed E-state index contributed by atoms with van der Waals surface area (Å²) in [7, 11) is 1.67. The molecule has 0 aromatic carbocycles. The van der Waals surface area contributed by atoms with E-state index in [2.05, 4.69) is 25.9 Å². The number of aromatic nitrogens is 1. The highest BCUT2D eigenvalue weighted by molar-refractivity contribution is 7.11. The third-order valence-electron chi connectivity index (χ3n) is 3.10. The van der Waals surface area contributed by atoms with Crippen LogP contribution in [0.15, 0.2) is 27.8 Å². The second-order valence-electron chi connectivity index (χ2n) is 4.88. The van der Waals surface area contributed by atoms with Gasteiger partial charge in [0.15, 0.2) is 5.96 Å². The number of hydrogen-bond donors (Lipinski definition) is 3. The summed E-state index contributed by atoms with van der Waals surface area (Å²) in [6.45, 7) is 5.11. The number of thiazole rings is 1. The Bertz CT molecular complexity index is 663. The zero-order chi connectivity index (χ0) is 16.7.